The van der Waals surface area contributed by atoms with Gasteiger partial charge in [0.25, 0.3) is 0 Å². The topological polar surface area (TPSA) is 23.8 Å². The highest BCUT2D eigenvalue weighted by Crippen LogP contribution is 2.38. The SMILES string of the molecule is CCCC1CCC(CCC2CCC(CC/C=C/C=C/C#N)CC2)CC1. The van der Waals surface area contributed by atoms with Crippen LogP contribution in [0.3, 0.4) is 0 Å². The Bertz CT molecular complexity index is 426. The van der Waals surface area contributed by atoms with Crippen molar-refractivity contribution < 1.29 is 0 Å². The van der Waals surface area contributed by atoms with Crippen molar-refractivity contribution in [1.29, 1.82) is 5.26 Å². The molecule has 0 unspecified atom stereocenters. The van der Waals surface area contributed by atoms with Crippen LogP contribution >= 0.6 is 0 Å². The van der Waals surface area contributed by atoms with Crippen LogP contribution in [0.25, 0.3) is 0 Å². The van der Waals surface area contributed by atoms with Crippen molar-refractivity contribution in [2.24, 2.45) is 23.7 Å². The first-order chi connectivity index (χ1) is 12.3. The molecule has 0 aliphatic heterocycles. The lowest BCUT2D eigenvalue weighted by molar-refractivity contribution is 0.210. The van der Waals surface area contributed by atoms with Gasteiger partial charge >= 0.3 is 0 Å². The van der Waals surface area contributed by atoms with Crippen LogP contribution in [0.15, 0.2) is 24.3 Å². The summed E-state index contributed by atoms with van der Waals surface area (Å²) in [5.74, 6) is 4.09. The zero-order valence-corrected chi connectivity index (χ0v) is 16.5. The summed E-state index contributed by atoms with van der Waals surface area (Å²) in [4.78, 5) is 0. The lowest BCUT2D eigenvalue weighted by Crippen LogP contribution is -2.18. The lowest BCUT2D eigenvalue weighted by Gasteiger charge is -2.32. The summed E-state index contributed by atoms with van der Waals surface area (Å²) in [6, 6.07) is 2.02. The molecule has 0 atom stereocenters. The minimum Gasteiger partial charge on any atom is -0.193 e. The zero-order valence-electron chi connectivity index (χ0n) is 16.5. The van der Waals surface area contributed by atoms with Gasteiger partial charge in [0.15, 0.2) is 0 Å². The van der Waals surface area contributed by atoms with E-state index in [1.165, 1.54) is 96.0 Å². The van der Waals surface area contributed by atoms with Gasteiger partial charge in [0.05, 0.1) is 6.07 Å². The van der Waals surface area contributed by atoms with E-state index in [-0.39, 0.29) is 0 Å². The van der Waals surface area contributed by atoms with Crippen LogP contribution in [0.4, 0.5) is 0 Å². The third-order valence-corrected chi connectivity index (χ3v) is 6.77. The van der Waals surface area contributed by atoms with Crippen LogP contribution in [0.1, 0.15) is 96.8 Å². The second-order valence-corrected chi connectivity index (χ2v) is 8.63. The Hall–Kier alpha value is -1.03. The van der Waals surface area contributed by atoms with Crippen LogP contribution in [-0.4, -0.2) is 0 Å². The molecule has 2 rings (SSSR count). The van der Waals surface area contributed by atoms with Crippen molar-refractivity contribution in [3.05, 3.63) is 24.3 Å². The number of hydrogen-bond donors (Lipinski definition) is 0. The monoisotopic (exact) mass is 341 g/mol. The Morgan fingerprint density at radius 1 is 0.720 bits per heavy atom. The predicted molar refractivity (Wildman–Crippen MR) is 108 cm³/mol. The molecule has 2 aliphatic rings. The molecule has 0 bridgehead atoms. The molecule has 0 radical (unpaired) electrons. The Balaban J connectivity index is 1.52. The molecule has 0 aromatic rings. The van der Waals surface area contributed by atoms with E-state index in [2.05, 4.69) is 13.0 Å². The van der Waals surface area contributed by atoms with Gasteiger partial charge in [0, 0.05) is 6.08 Å². The van der Waals surface area contributed by atoms with Gasteiger partial charge in [-0.1, -0.05) is 102 Å². The van der Waals surface area contributed by atoms with Gasteiger partial charge in [-0.3, -0.25) is 0 Å². The van der Waals surface area contributed by atoms with E-state index in [9.17, 15) is 0 Å². The van der Waals surface area contributed by atoms with E-state index < -0.39 is 0 Å². The standard InChI is InChI=1S/C24H39N/c1-2-8-21-10-14-23(15-11-21)18-19-24-16-12-22(13-17-24)9-6-4-3-5-7-20-25/h3-5,7,21-24H,2,6,8-19H2,1H3/b4-3+,7-5+. The summed E-state index contributed by atoms with van der Waals surface area (Å²) in [7, 11) is 0. The normalized spacial score (nSPS) is 30.7. The summed E-state index contributed by atoms with van der Waals surface area (Å²) in [5.41, 5.74) is 0. The molecular formula is C24H39N. The number of allylic oxidation sites excluding steroid dienone is 4. The summed E-state index contributed by atoms with van der Waals surface area (Å²) in [6.45, 7) is 2.34. The zero-order chi connectivity index (χ0) is 17.7. The molecular weight excluding hydrogens is 302 g/mol. The Morgan fingerprint density at radius 3 is 1.68 bits per heavy atom. The van der Waals surface area contributed by atoms with Gasteiger partial charge in [0.2, 0.25) is 0 Å². The number of hydrogen-bond acceptors (Lipinski definition) is 1. The summed E-state index contributed by atoms with van der Waals surface area (Å²) in [6.07, 6.45) is 27.9. The van der Waals surface area contributed by atoms with Crippen LogP contribution in [0.5, 0.6) is 0 Å². The molecule has 0 heterocycles. The average molecular weight is 342 g/mol. The largest absolute Gasteiger partial charge is 0.193 e. The van der Waals surface area contributed by atoms with Crippen LogP contribution in [0.2, 0.25) is 0 Å². The number of nitriles is 1. The molecule has 2 saturated carbocycles. The van der Waals surface area contributed by atoms with Gasteiger partial charge in [-0.05, 0) is 36.5 Å². The molecule has 25 heavy (non-hydrogen) atoms. The predicted octanol–water partition coefficient (Wildman–Crippen LogP) is 7.60. The fourth-order valence-electron chi connectivity index (χ4n) is 5.10. The van der Waals surface area contributed by atoms with Gasteiger partial charge in [-0.2, -0.15) is 5.26 Å². The lowest BCUT2D eigenvalue weighted by atomic mass is 9.74. The molecule has 0 aromatic carbocycles. The minimum absolute atomic E-state index is 0.949. The highest BCUT2D eigenvalue weighted by atomic mass is 14.3. The van der Waals surface area contributed by atoms with E-state index in [4.69, 9.17) is 5.26 Å². The maximum atomic E-state index is 8.44. The summed E-state index contributed by atoms with van der Waals surface area (Å²) >= 11 is 0. The average Bonchev–Trinajstić information content (AvgIpc) is 2.65. The fraction of sp³-hybridized carbons (Fsp3) is 0.792. The van der Waals surface area contributed by atoms with E-state index in [1.54, 1.807) is 0 Å². The molecule has 2 aliphatic carbocycles. The molecule has 1 heteroatoms. The first kappa shape index (κ1) is 20.3. The van der Waals surface area contributed by atoms with Crippen LogP contribution in [-0.2, 0) is 0 Å². The van der Waals surface area contributed by atoms with Crippen molar-refractivity contribution in [1.82, 2.24) is 0 Å². The van der Waals surface area contributed by atoms with Gasteiger partial charge in [-0.15, -0.1) is 0 Å². The third kappa shape index (κ3) is 8.26. The van der Waals surface area contributed by atoms with E-state index in [0.29, 0.717) is 0 Å². The molecule has 140 valence electrons. The third-order valence-electron chi connectivity index (χ3n) is 6.77. The Kier molecular flexibility index (Phi) is 10.0. The maximum Gasteiger partial charge on any atom is 0.0912 e. The van der Waals surface area contributed by atoms with Gasteiger partial charge in [0.1, 0.15) is 0 Å². The minimum atomic E-state index is 0.949. The maximum absolute atomic E-state index is 8.44. The van der Waals surface area contributed by atoms with Crippen molar-refractivity contribution >= 4 is 0 Å². The van der Waals surface area contributed by atoms with Gasteiger partial charge < -0.3 is 0 Å². The van der Waals surface area contributed by atoms with E-state index in [0.717, 1.165) is 23.7 Å². The summed E-state index contributed by atoms with van der Waals surface area (Å²) < 4.78 is 0. The first-order valence-electron chi connectivity index (χ1n) is 11.0. The molecule has 0 spiro atoms. The Labute approximate surface area is 156 Å². The number of nitrogens with zero attached hydrogens (tertiary/aromatic N) is 1. The Morgan fingerprint density at radius 2 is 1.20 bits per heavy atom. The molecule has 0 amide bonds. The van der Waals surface area contributed by atoms with Crippen molar-refractivity contribution in [3.8, 4) is 6.07 Å². The second-order valence-electron chi connectivity index (χ2n) is 8.63. The second kappa shape index (κ2) is 12.3. The molecule has 0 aromatic heterocycles. The molecule has 1 nitrogen and oxygen atoms in total. The van der Waals surface area contributed by atoms with Crippen LogP contribution < -0.4 is 0 Å². The van der Waals surface area contributed by atoms with Crippen molar-refractivity contribution in [2.75, 3.05) is 0 Å². The molecule has 0 saturated heterocycles. The van der Waals surface area contributed by atoms with E-state index >= 15 is 0 Å². The highest BCUT2D eigenvalue weighted by molar-refractivity contribution is 5.11. The number of rotatable bonds is 9. The highest BCUT2D eigenvalue weighted by Gasteiger charge is 2.24. The quantitative estimate of drug-likeness (QED) is 0.313. The van der Waals surface area contributed by atoms with E-state index in [1.807, 2.05) is 18.2 Å². The fourth-order valence-corrected chi connectivity index (χ4v) is 5.10. The molecule has 0 N–H and O–H groups in total. The smallest absolute Gasteiger partial charge is 0.0912 e. The van der Waals surface area contributed by atoms with Crippen LogP contribution in [0, 0.1) is 35.0 Å². The molecule has 2 fully saturated rings. The van der Waals surface area contributed by atoms with Crippen molar-refractivity contribution in [3.63, 3.8) is 0 Å². The summed E-state index contributed by atoms with van der Waals surface area (Å²) in [5, 5.41) is 8.44. The first-order valence-corrected chi connectivity index (χ1v) is 11.0. The van der Waals surface area contributed by atoms with Gasteiger partial charge in [-0.25, -0.2) is 0 Å². The van der Waals surface area contributed by atoms with Crippen molar-refractivity contribution in [2.45, 2.75) is 96.8 Å².